The van der Waals surface area contributed by atoms with Gasteiger partial charge in [-0.1, -0.05) is 0 Å². The van der Waals surface area contributed by atoms with Gasteiger partial charge in [-0.25, -0.2) is 9.18 Å². The zero-order chi connectivity index (χ0) is 26.0. The number of carbonyl (C=O) groups excluding carboxylic acids is 1. The van der Waals surface area contributed by atoms with Gasteiger partial charge in [0.1, 0.15) is 11.4 Å². The number of nitrogens with zero attached hydrogens (tertiary/aromatic N) is 6. The van der Waals surface area contributed by atoms with Gasteiger partial charge < -0.3 is 21.1 Å². The van der Waals surface area contributed by atoms with Gasteiger partial charge in [-0.05, 0) is 57.0 Å². The van der Waals surface area contributed by atoms with Crippen LogP contribution in [0.4, 0.5) is 20.7 Å². The van der Waals surface area contributed by atoms with Gasteiger partial charge in [-0.3, -0.25) is 14.2 Å². The second-order valence-electron chi connectivity index (χ2n) is 9.16. The van der Waals surface area contributed by atoms with Crippen LogP contribution in [0.5, 0.6) is 0 Å². The highest BCUT2D eigenvalue weighted by molar-refractivity contribution is 5.98. The lowest BCUT2D eigenvalue weighted by molar-refractivity contribution is -0.00498. The van der Waals surface area contributed by atoms with E-state index in [4.69, 9.17) is 5.73 Å². The number of hydrogen-bond donors (Lipinski definition) is 3. The Morgan fingerprint density at radius 1 is 1.39 bits per heavy atom. The zero-order valence-electron chi connectivity index (χ0n) is 19.9. The van der Waals surface area contributed by atoms with Crippen molar-refractivity contribution in [1.82, 2.24) is 24.5 Å². The van der Waals surface area contributed by atoms with Crippen molar-refractivity contribution < 1.29 is 19.1 Å². The molecule has 0 saturated carbocycles. The topological polar surface area (TPSA) is 155 Å². The molecule has 3 heterocycles. The molecule has 1 aliphatic rings. The Kier molecular flexibility index (Phi) is 6.65. The average molecular weight is 495 g/mol. The van der Waals surface area contributed by atoms with Gasteiger partial charge in [0.05, 0.1) is 29.6 Å². The lowest BCUT2D eigenvalue weighted by atomic mass is 9.72. The van der Waals surface area contributed by atoms with Gasteiger partial charge >= 0.3 is 6.09 Å². The Hall–Kier alpha value is -4.40. The predicted molar refractivity (Wildman–Crippen MR) is 128 cm³/mol. The van der Waals surface area contributed by atoms with E-state index in [0.717, 1.165) is 0 Å². The number of piperidine rings is 1. The molecule has 4 N–H and O–H groups in total. The Labute approximate surface area is 206 Å². The van der Waals surface area contributed by atoms with E-state index in [0.29, 0.717) is 18.5 Å². The van der Waals surface area contributed by atoms with E-state index in [2.05, 4.69) is 21.6 Å². The van der Waals surface area contributed by atoms with Crippen molar-refractivity contribution in [3.8, 4) is 6.07 Å². The number of halogens is 1. The van der Waals surface area contributed by atoms with Crippen LogP contribution in [-0.2, 0) is 0 Å². The van der Waals surface area contributed by atoms with Gasteiger partial charge in [0, 0.05) is 30.8 Å². The molecule has 4 atom stereocenters. The van der Waals surface area contributed by atoms with Crippen molar-refractivity contribution in [2.45, 2.75) is 44.3 Å². The molecule has 0 spiro atoms. The lowest BCUT2D eigenvalue weighted by Gasteiger charge is -2.50. The van der Waals surface area contributed by atoms with Crippen molar-refractivity contribution in [1.29, 1.82) is 5.26 Å². The molecule has 0 radical (unpaired) electrons. The van der Waals surface area contributed by atoms with E-state index in [1.807, 2.05) is 6.92 Å². The Morgan fingerprint density at radius 3 is 2.69 bits per heavy atom. The number of carbonyl (C=O) groups is 2. The van der Waals surface area contributed by atoms with Gasteiger partial charge in [0.25, 0.3) is 5.91 Å². The second-order valence-corrected chi connectivity index (χ2v) is 9.16. The third-order valence-corrected chi connectivity index (χ3v) is 6.82. The standard InChI is InChI=1S/C24H27FN8O3/c1-15(32-10-3-9-28-32)12-24(2)19(13-26)20(8-11-31(24)23(35)36)33-14-18(21(27)34)22(30-33)29-17-6-4-16(25)5-7-17/h3-7,9-10,14-15,19-20H,8,11-12H2,1-2H3,(H2,27,34)(H,29,30)(H,35,36). The van der Waals surface area contributed by atoms with Crippen molar-refractivity contribution in [2.24, 2.45) is 11.7 Å². The normalized spacial score (nSPS) is 22.6. The SMILES string of the molecule is CC(CC1(C)C(C#N)C(n2cc(C(N)=O)c(Nc3ccc(F)cc3)n2)CCN1C(=O)O)n1cccn1. The number of primary amides is 1. The van der Waals surface area contributed by atoms with Crippen LogP contribution < -0.4 is 11.1 Å². The van der Waals surface area contributed by atoms with Gasteiger partial charge in [0.15, 0.2) is 5.82 Å². The number of aromatic nitrogens is 4. The molecule has 1 saturated heterocycles. The van der Waals surface area contributed by atoms with Crippen LogP contribution in [0.15, 0.2) is 48.9 Å². The monoisotopic (exact) mass is 494 g/mol. The molecule has 1 aliphatic heterocycles. The van der Waals surface area contributed by atoms with E-state index in [-0.39, 0.29) is 24.0 Å². The Morgan fingerprint density at radius 2 is 2.11 bits per heavy atom. The number of benzene rings is 1. The molecule has 1 aromatic carbocycles. The third kappa shape index (κ3) is 4.59. The average Bonchev–Trinajstić information content (AvgIpc) is 3.50. The second kappa shape index (κ2) is 9.69. The quantitative estimate of drug-likeness (QED) is 0.454. The molecule has 0 aliphatic carbocycles. The summed E-state index contributed by atoms with van der Waals surface area (Å²) in [7, 11) is 0. The van der Waals surface area contributed by atoms with Crippen molar-refractivity contribution >= 4 is 23.5 Å². The van der Waals surface area contributed by atoms with E-state index < -0.39 is 35.3 Å². The summed E-state index contributed by atoms with van der Waals surface area (Å²) in [6, 6.07) is 8.92. The van der Waals surface area contributed by atoms with Crippen LogP contribution in [0.25, 0.3) is 0 Å². The third-order valence-electron chi connectivity index (χ3n) is 6.82. The minimum atomic E-state index is -1.11. The van der Waals surface area contributed by atoms with Gasteiger partial charge in [-0.15, -0.1) is 0 Å². The maximum absolute atomic E-state index is 13.3. The molecule has 3 aromatic rings. The number of nitrogens with one attached hydrogen (secondary N) is 1. The number of amides is 2. The molecule has 0 bridgehead atoms. The van der Waals surface area contributed by atoms with Crippen LogP contribution in [0.2, 0.25) is 0 Å². The first-order chi connectivity index (χ1) is 17.1. The van der Waals surface area contributed by atoms with Crippen molar-refractivity contribution in [3.63, 3.8) is 0 Å². The number of nitriles is 1. The fourth-order valence-electron chi connectivity index (χ4n) is 5.06. The summed E-state index contributed by atoms with van der Waals surface area (Å²) in [5, 5.41) is 32.0. The maximum atomic E-state index is 13.3. The fraction of sp³-hybridized carbons (Fsp3) is 0.375. The van der Waals surface area contributed by atoms with E-state index in [9.17, 15) is 24.3 Å². The molecule has 2 aromatic heterocycles. The molecule has 4 unspecified atom stereocenters. The van der Waals surface area contributed by atoms with Crippen molar-refractivity contribution in [2.75, 3.05) is 11.9 Å². The summed E-state index contributed by atoms with van der Waals surface area (Å²) >= 11 is 0. The van der Waals surface area contributed by atoms with Crippen LogP contribution in [-0.4, -0.2) is 53.7 Å². The lowest BCUT2D eigenvalue weighted by Crippen LogP contribution is -2.60. The summed E-state index contributed by atoms with van der Waals surface area (Å²) in [5.41, 5.74) is 5.11. The molecule has 1 fully saturated rings. The largest absolute Gasteiger partial charge is 0.465 e. The molecular weight excluding hydrogens is 467 g/mol. The molecule has 4 rings (SSSR count). The Balaban J connectivity index is 1.70. The zero-order valence-corrected chi connectivity index (χ0v) is 19.9. The summed E-state index contributed by atoms with van der Waals surface area (Å²) < 4.78 is 16.5. The van der Waals surface area contributed by atoms with Crippen LogP contribution in [0.3, 0.4) is 0 Å². The van der Waals surface area contributed by atoms with E-state index in [1.165, 1.54) is 40.0 Å². The highest BCUT2D eigenvalue weighted by Crippen LogP contribution is 2.44. The summed E-state index contributed by atoms with van der Waals surface area (Å²) in [4.78, 5) is 25.7. The number of nitrogens with two attached hydrogens (primary N) is 1. The first-order valence-electron chi connectivity index (χ1n) is 11.4. The van der Waals surface area contributed by atoms with Gasteiger partial charge in [-0.2, -0.15) is 15.5 Å². The van der Waals surface area contributed by atoms with Crippen LogP contribution in [0, 0.1) is 23.1 Å². The number of carboxylic acid groups (broad SMARTS) is 1. The van der Waals surface area contributed by atoms with Crippen molar-refractivity contribution in [3.05, 3.63) is 60.3 Å². The molecule has 188 valence electrons. The fourth-order valence-corrected chi connectivity index (χ4v) is 5.06. The number of anilines is 2. The highest BCUT2D eigenvalue weighted by atomic mass is 19.1. The van der Waals surface area contributed by atoms with Crippen LogP contribution >= 0.6 is 0 Å². The molecular formula is C24H27FN8O3. The molecule has 36 heavy (non-hydrogen) atoms. The first-order valence-corrected chi connectivity index (χ1v) is 11.4. The Bertz CT molecular complexity index is 1280. The number of hydrogen-bond acceptors (Lipinski definition) is 6. The summed E-state index contributed by atoms with van der Waals surface area (Å²) in [5.74, 6) is -1.76. The summed E-state index contributed by atoms with van der Waals surface area (Å²) in [6.07, 6.45) is 4.44. The summed E-state index contributed by atoms with van der Waals surface area (Å²) in [6.45, 7) is 3.85. The first kappa shape index (κ1) is 24.7. The molecule has 11 nitrogen and oxygen atoms in total. The predicted octanol–water partition coefficient (Wildman–Crippen LogP) is 3.54. The van der Waals surface area contributed by atoms with E-state index in [1.54, 1.807) is 30.1 Å². The van der Waals surface area contributed by atoms with Crippen LogP contribution in [0.1, 0.15) is 49.1 Å². The number of rotatable bonds is 7. The minimum Gasteiger partial charge on any atom is -0.465 e. The molecule has 2 amide bonds. The minimum absolute atomic E-state index is 0.100. The smallest absolute Gasteiger partial charge is 0.407 e. The van der Waals surface area contributed by atoms with E-state index >= 15 is 0 Å². The highest BCUT2D eigenvalue weighted by Gasteiger charge is 2.51. The number of likely N-dealkylation sites (tertiary alicyclic amines) is 1. The maximum Gasteiger partial charge on any atom is 0.407 e. The van der Waals surface area contributed by atoms with Gasteiger partial charge in [0.2, 0.25) is 0 Å². The molecule has 12 heteroatoms.